The van der Waals surface area contributed by atoms with Crippen molar-refractivity contribution in [3.05, 3.63) is 5.32 Å². The minimum absolute atomic E-state index is 0. The molecule has 1 aliphatic heterocycles. The molecule has 1 fully saturated rings. The van der Waals surface area contributed by atoms with E-state index in [9.17, 15) is 4.79 Å². The molecule has 0 radical (unpaired) electrons. The van der Waals surface area contributed by atoms with Crippen molar-refractivity contribution in [1.29, 1.82) is 0 Å². The number of aliphatic carboxylic acids is 1. The monoisotopic (exact) mass is 255 g/mol. The van der Waals surface area contributed by atoms with E-state index in [1.54, 1.807) is 0 Å². The molecular weight excluding hydrogens is 247 g/mol. The average Bonchev–Trinajstić information content (AvgIpc) is 2.12. The molecule has 1 unspecified atom stereocenters. The largest absolute Gasteiger partial charge is 3.00 e. The number of rotatable bonds is 1. The smallest absolute Gasteiger partial charge is 0.650 e. The normalized spacial score (nSPS) is 25.1. The van der Waals surface area contributed by atoms with Crippen molar-refractivity contribution in [3.8, 4) is 0 Å². The van der Waals surface area contributed by atoms with Gasteiger partial charge < -0.3 is 10.4 Å². The van der Waals surface area contributed by atoms with Crippen LogP contribution >= 0.6 is 0 Å². The molecule has 1 heterocycles. The van der Waals surface area contributed by atoms with E-state index in [-0.39, 0.29) is 41.3 Å². The van der Waals surface area contributed by atoms with Crippen molar-refractivity contribution in [2.24, 2.45) is 0 Å². The molecular formula is C5H8NO2Pr+2. The van der Waals surface area contributed by atoms with E-state index in [0.717, 1.165) is 19.4 Å². The van der Waals surface area contributed by atoms with Crippen LogP contribution in [0.4, 0.5) is 0 Å². The summed E-state index contributed by atoms with van der Waals surface area (Å²) in [6, 6.07) is -0.394. The van der Waals surface area contributed by atoms with Crippen molar-refractivity contribution in [2.75, 3.05) is 6.54 Å². The third kappa shape index (κ3) is 2.92. The predicted octanol–water partition coefficient (Wildman–Crippen LogP) is 0.607. The molecule has 9 heavy (non-hydrogen) atoms. The van der Waals surface area contributed by atoms with E-state index in [1.165, 1.54) is 0 Å². The molecule has 46 valence electrons. The van der Waals surface area contributed by atoms with Gasteiger partial charge in [0.2, 0.25) is 0 Å². The fourth-order valence-electron chi connectivity index (χ4n) is 0.825. The average molecular weight is 255 g/mol. The van der Waals surface area contributed by atoms with Gasteiger partial charge in [-0.15, -0.1) is 6.54 Å². The van der Waals surface area contributed by atoms with Crippen LogP contribution in [-0.2, 0) is 4.79 Å². The Kier molecular flexibility index (Phi) is 4.99. The van der Waals surface area contributed by atoms with Crippen LogP contribution in [-0.4, -0.2) is 23.7 Å². The van der Waals surface area contributed by atoms with E-state index >= 15 is 0 Å². The molecule has 1 N–H and O–H groups in total. The van der Waals surface area contributed by atoms with Gasteiger partial charge in [-0.25, -0.2) is 0 Å². The Morgan fingerprint density at radius 2 is 2.33 bits per heavy atom. The van der Waals surface area contributed by atoms with Crippen LogP contribution < -0.4 is 0 Å². The fraction of sp³-hybridized carbons (Fsp3) is 0.800. The first-order valence-electron chi connectivity index (χ1n) is 2.70. The Hall–Kier alpha value is 0.794. The molecule has 0 amide bonds. The third-order valence-corrected chi connectivity index (χ3v) is 1.27. The summed E-state index contributed by atoms with van der Waals surface area (Å²) in [6.07, 6.45) is 1.67. The quantitative estimate of drug-likeness (QED) is 0.746. The molecule has 0 bridgehead atoms. The van der Waals surface area contributed by atoms with Gasteiger partial charge in [0.1, 0.15) is 0 Å². The van der Waals surface area contributed by atoms with Gasteiger partial charge in [0, 0.05) is 0 Å². The fourth-order valence-corrected chi connectivity index (χ4v) is 0.825. The topological polar surface area (TPSA) is 51.4 Å². The van der Waals surface area contributed by atoms with Gasteiger partial charge in [0.15, 0.2) is 0 Å². The zero-order chi connectivity index (χ0) is 5.98. The van der Waals surface area contributed by atoms with Gasteiger partial charge >= 0.3 is 41.3 Å². The van der Waals surface area contributed by atoms with Gasteiger partial charge in [-0.1, -0.05) is 12.8 Å². The second-order valence-electron chi connectivity index (χ2n) is 1.90. The molecule has 0 aromatic carbocycles. The van der Waals surface area contributed by atoms with Crippen LogP contribution in [0.2, 0.25) is 0 Å². The summed E-state index contributed by atoms with van der Waals surface area (Å²) < 4.78 is 0. The van der Waals surface area contributed by atoms with E-state index in [2.05, 4.69) is 5.32 Å². The summed E-state index contributed by atoms with van der Waals surface area (Å²) in [5.74, 6) is -0.775. The number of carboxylic acids is 1. The van der Waals surface area contributed by atoms with Gasteiger partial charge in [0.25, 0.3) is 5.97 Å². The van der Waals surface area contributed by atoms with Crippen LogP contribution in [0, 0.1) is 41.3 Å². The van der Waals surface area contributed by atoms with Crippen molar-refractivity contribution in [2.45, 2.75) is 18.9 Å². The Morgan fingerprint density at radius 1 is 1.67 bits per heavy atom. The first-order valence-corrected chi connectivity index (χ1v) is 2.70. The minimum atomic E-state index is -0.775. The zero-order valence-corrected chi connectivity index (χ0v) is 8.78. The summed E-state index contributed by atoms with van der Waals surface area (Å²) in [7, 11) is 0. The number of carboxylic acid groups (broad SMARTS) is 1. The molecule has 0 aliphatic carbocycles. The first kappa shape index (κ1) is 9.79. The molecule has 1 rings (SSSR count). The molecule has 1 atom stereocenters. The van der Waals surface area contributed by atoms with E-state index in [4.69, 9.17) is 5.11 Å². The second-order valence-corrected chi connectivity index (χ2v) is 1.90. The third-order valence-electron chi connectivity index (χ3n) is 1.27. The van der Waals surface area contributed by atoms with E-state index in [1.807, 2.05) is 0 Å². The summed E-state index contributed by atoms with van der Waals surface area (Å²) >= 11 is 0. The maximum atomic E-state index is 10.1. The second kappa shape index (κ2) is 4.58. The van der Waals surface area contributed by atoms with E-state index < -0.39 is 12.0 Å². The standard InChI is InChI=1S/C5H8NO2.Pr/c7-5(8)4-2-1-3-6-4;/h4H,1-3H2,(H,7,8);/q-1;+3. The van der Waals surface area contributed by atoms with Crippen LogP contribution in [0.1, 0.15) is 12.8 Å². The molecule has 1 saturated heterocycles. The zero-order valence-electron chi connectivity index (χ0n) is 5.08. The summed E-state index contributed by atoms with van der Waals surface area (Å²) in [5.41, 5.74) is 0. The summed E-state index contributed by atoms with van der Waals surface area (Å²) in [4.78, 5) is 10.1. The van der Waals surface area contributed by atoms with Crippen LogP contribution in [0.15, 0.2) is 0 Å². The van der Waals surface area contributed by atoms with Crippen molar-refractivity contribution in [3.63, 3.8) is 0 Å². The Balaban J connectivity index is 0.000000640. The van der Waals surface area contributed by atoms with Gasteiger partial charge in [0.05, 0.1) is 0 Å². The molecule has 4 heteroatoms. The molecule has 0 aromatic rings. The molecule has 3 nitrogen and oxygen atoms in total. The molecule has 0 aromatic heterocycles. The van der Waals surface area contributed by atoms with Gasteiger partial charge in [-0.05, 0) is 6.04 Å². The molecule has 1 aliphatic rings. The summed E-state index contributed by atoms with van der Waals surface area (Å²) in [6.45, 7) is 0.733. The molecule has 0 saturated carbocycles. The predicted molar refractivity (Wildman–Crippen MR) is 28.9 cm³/mol. The van der Waals surface area contributed by atoms with Crippen LogP contribution in [0.3, 0.4) is 0 Å². The van der Waals surface area contributed by atoms with Gasteiger partial charge in [-0.3, -0.25) is 4.79 Å². The van der Waals surface area contributed by atoms with Crippen molar-refractivity contribution in [1.82, 2.24) is 0 Å². The van der Waals surface area contributed by atoms with Gasteiger partial charge in [-0.2, -0.15) is 0 Å². The number of hydrogen-bond donors (Lipinski definition) is 1. The van der Waals surface area contributed by atoms with Crippen LogP contribution in [0.5, 0.6) is 0 Å². The SMILES string of the molecule is O=C(O)C1CCC[N-]1.[Pr+3]. The Labute approximate surface area is 87.2 Å². The number of carbonyl (C=O) groups is 1. The van der Waals surface area contributed by atoms with Crippen molar-refractivity contribution >= 4 is 5.97 Å². The van der Waals surface area contributed by atoms with Crippen LogP contribution in [0.25, 0.3) is 5.32 Å². The van der Waals surface area contributed by atoms with E-state index in [0.29, 0.717) is 0 Å². The minimum Gasteiger partial charge on any atom is -0.650 e. The summed E-state index contributed by atoms with van der Waals surface area (Å²) in [5, 5.41) is 12.2. The van der Waals surface area contributed by atoms with Crippen molar-refractivity contribution < 1.29 is 51.2 Å². The number of hydrogen-bond acceptors (Lipinski definition) is 1. The maximum absolute atomic E-state index is 10.1. The number of nitrogens with zero attached hydrogens (tertiary/aromatic N) is 1. The Morgan fingerprint density at radius 3 is 2.56 bits per heavy atom. The Bertz CT molecular complexity index is 101. The molecule has 0 spiro atoms. The maximum Gasteiger partial charge on any atom is 3.00 e. The first-order chi connectivity index (χ1) is 3.80.